The Morgan fingerprint density at radius 2 is 1.83 bits per heavy atom. The summed E-state index contributed by atoms with van der Waals surface area (Å²) in [4.78, 5) is 2.47. The van der Waals surface area contributed by atoms with Gasteiger partial charge < -0.3 is 14.2 Å². The fourth-order valence-electron chi connectivity index (χ4n) is 5.42. The first-order valence-electron chi connectivity index (χ1n) is 12.6. The SMILES string of the molecule is COc1cc2c(c3c1=c1ccccc1=CC=C3)COC(c1ccc(OCCN3CCCC3)cc1)C=2. The average molecular weight is 466 g/mol. The smallest absolute Gasteiger partial charge is 0.127 e. The molecule has 1 unspecified atom stereocenters. The summed E-state index contributed by atoms with van der Waals surface area (Å²) in [5, 5.41) is 4.70. The molecule has 4 nitrogen and oxygen atoms in total. The number of nitrogens with zero attached hydrogens (tertiary/aromatic N) is 1. The van der Waals surface area contributed by atoms with Gasteiger partial charge in [-0.3, -0.25) is 4.90 Å². The second kappa shape index (κ2) is 9.73. The van der Waals surface area contributed by atoms with Crippen molar-refractivity contribution in [2.75, 3.05) is 33.4 Å². The van der Waals surface area contributed by atoms with Gasteiger partial charge in [0.1, 0.15) is 24.2 Å². The molecule has 2 aliphatic heterocycles. The molecule has 0 aromatic heterocycles. The molecule has 35 heavy (non-hydrogen) atoms. The van der Waals surface area contributed by atoms with E-state index in [2.05, 4.69) is 83.8 Å². The number of likely N-dealkylation sites (tertiary alicyclic amines) is 1. The molecule has 0 bridgehead atoms. The van der Waals surface area contributed by atoms with E-state index in [0.717, 1.165) is 35.4 Å². The van der Waals surface area contributed by atoms with Crippen LogP contribution in [-0.4, -0.2) is 38.3 Å². The zero-order valence-corrected chi connectivity index (χ0v) is 20.2. The topological polar surface area (TPSA) is 30.9 Å². The van der Waals surface area contributed by atoms with E-state index in [-0.39, 0.29) is 6.10 Å². The molecule has 3 aromatic carbocycles. The van der Waals surface area contributed by atoms with Crippen molar-refractivity contribution < 1.29 is 14.2 Å². The van der Waals surface area contributed by atoms with Crippen molar-refractivity contribution in [1.82, 2.24) is 4.90 Å². The van der Waals surface area contributed by atoms with Crippen LogP contribution in [-0.2, 0) is 11.3 Å². The minimum absolute atomic E-state index is 0.0995. The Labute approximate surface area is 206 Å². The first kappa shape index (κ1) is 22.1. The highest BCUT2D eigenvalue weighted by molar-refractivity contribution is 5.66. The van der Waals surface area contributed by atoms with Gasteiger partial charge in [-0.2, -0.15) is 0 Å². The molecular weight excluding hydrogens is 434 g/mol. The van der Waals surface area contributed by atoms with Gasteiger partial charge in [0.05, 0.1) is 13.7 Å². The second-order valence-corrected chi connectivity index (χ2v) is 9.41. The molecule has 178 valence electrons. The molecule has 0 saturated carbocycles. The van der Waals surface area contributed by atoms with Crippen molar-refractivity contribution in [1.29, 1.82) is 0 Å². The van der Waals surface area contributed by atoms with Crippen molar-refractivity contribution in [3.8, 4) is 11.5 Å². The normalized spacial score (nSPS) is 18.5. The van der Waals surface area contributed by atoms with Crippen LogP contribution in [0.3, 0.4) is 0 Å². The molecular formula is C31H31NO3. The molecule has 0 N–H and O–H groups in total. The van der Waals surface area contributed by atoms with E-state index in [4.69, 9.17) is 14.2 Å². The average Bonchev–Trinajstić information content (AvgIpc) is 3.34. The standard InChI is InChI=1S/C31H31NO3/c1-33-30-20-24-19-29(23-11-13-25(14-12-23)34-18-17-32-15-4-5-16-32)35-21-28(24)27-10-6-8-22-7-2-3-9-26(22)31(27)30/h2-3,6-14,19-20,29H,4-5,15-18,21H2,1H3. The minimum Gasteiger partial charge on any atom is -0.496 e. The molecule has 2 heterocycles. The lowest BCUT2D eigenvalue weighted by molar-refractivity contribution is 0.0757. The molecule has 0 radical (unpaired) electrons. The van der Waals surface area contributed by atoms with Gasteiger partial charge in [0.25, 0.3) is 0 Å². The molecule has 6 rings (SSSR count). The molecule has 1 atom stereocenters. The van der Waals surface area contributed by atoms with Crippen LogP contribution in [0.15, 0.2) is 60.7 Å². The molecule has 1 fully saturated rings. The highest BCUT2D eigenvalue weighted by Crippen LogP contribution is 2.29. The summed E-state index contributed by atoms with van der Waals surface area (Å²) in [5.74, 6) is 1.81. The summed E-state index contributed by atoms with van der Waals surface area (Å²) in [7, 11) is 1.75. The third-order valence-electron chi connectivity index (χ3n) is 7.29. The minimum atomic E-state index is -0.0995. The Balaban J connectivity index is 1.31. The maximum Gasteiger partial charge on any atom is 0.127 e. The Bertz CT molecular complexity index is 1470. The van der Waals surface area contributed by atoms with E-state index in [1.807, 2.05) is 0 Å². The van der Waals surface area contributed by atoms with E-state index >= 15 is 0 Å². The molecule has 0 spiro atoms. The van der Waals surface area contributed by atoms with E-state index < -0.39 is 0 Å². The van der Waals surface area contributed by atoms with Crippen molar-refractivity contribution in [2.45, 2.75) is 25.6 Å². The van der Waals surface area contributed by atoms with Crippen molar-refractivity contribution in [3.05, 3.63) is 98.2 Å². The lowest BCUT2D eigenvalue weighted by Crippen LogP contribution is -2.25. The lowest BCUT2D eigenvalue weighted by atomic mass is 9.96. The van der Waals surface area contributed by atoms with Crippen molar-refractivity contribution >= 4 is 18.2 Å². The fourth-order valence-corrected chi connectivity index (χ4v) is 5.42. The van der Waals surface area contributed by atoms with Crippen LogP contribution in [0, 0.1) is 10.4 Å². The quantitative estimate of drug-likeness (QED) is 0.543. The number of rotatable bonds is 6. The highest BCUT2D eigenvalue weighted by atomic mass is 16.5. The predicted molar refractivity (Wildman–Crippen MR) is 139 cm³/mol. The van der Waals surface area contributed by atoms with Gasteiger partial charge in [-0.15, -0.1) is 0 Å². The summed E-state index contributed by atoms with van der Waals surface area (Å²) in [6.45, 7) is 4.70. The van der Waals surface area contributed by atoms with Crippen molar-refractivity contribution in [2.24, 2.45) is 0 Å². The third-order valence-corrected chi connectivity index (χ3v) is 7.29. The van der Waals surface area contributed by atoms with Gasteiger partial charge in [0, 0.05) is 11.8 Å². The Morgan fingerprint density at radius 3 is 2.66 bits per heavy atom. The van der Waals surface area contributed by atoms with Gasteiger partial charge >= 0.3 is 0 Å². The molecule has 1 aliphatic carbocycles. The summed E-state index contributed by atoms with van der Waals surface area (Å²) >= 11 is 0. The molecule has 3 aliphatic rings. The maximum absolute atomic E-state index is 6.36. The number of allylic oxidation sites excluding steroid dienone is 1. The monoisotopic (exact) mass is 465 g/mol. The lowest BCUT2D eigenvalue weighted by Gasteiger charge is -2.23. The fraction of sp³-hybridized carbons (Fsp3) is 0.290. The van der Waals surface area contributed by atoms with Crippen LogP contribution >= 0.6 is 0 Å². The van der Waals surface area contributed by atoms with Crippen LogP contribution in [0.4, 0.5) is 0 Å². The highest BCUT2D eigenvalue weighted by Gasteiger charge is 2.20. The second-order valence-electron chi connectivity index (χ2n) is 9.41. The zero-order chi connectivity index (χ0) is 23.6. The van der Waals surface area contributed by atoms with Crippen LogP contribution < -0.4 is 19.9 Å². The summed E-state index contributed by atoms with van der Waals surface area (Å²) < 4.78 is 18.2. The number of benzene rings is 3. The van der Waals surface area contributed by atoms with Gasteiger partial charge in [-0.25, -0.2) is 0 Å². The van der Waals surface area contributed by atoms with Gasteiger partial charge in [0.2, 0.25) is 0 Å². The van der Waals surface area contributed by atoms with Crippen LogP contribution in [0.2, 0.25) is 0 Å². The first-order valence-corrected chi connectivity index (χ1v) is 12.6. The summed E-state index contributed by atoms with van der Waals surface area (Å²) in [5.41, 5.74) is 3.52. The van der Waals surface area contributed by atoms with Gasteiger partial charge in [0.15, 0.2) is 0 Å². The summed E-state index contributed by atoms with van der Waals surface area (Å²) in [6.07, 6.45) is 11.2. The number of hydrogen-bond donors (Lipinski definition) is 0. The Kier molecular flexibility index (Phi) is 6.15. The van der Waals surface area contributed by atoms with E-state index in [0.29, 0.717) is 6.61 Å². The van der Waals surface area contributed by atoms with Crippen molar-refractivity contribution in [3.63, 3.8) is 0 Å². The van der Waals surface area contributed by atoms with Gasteiger partial charge in [-0.1, -0.05) is 54.6 Å². The molecule has 4 heteroatoms. The van der Waals surface area contributed by atoms with E-state index in [1.54, 1.807) is 7.11 Å². The van der Waals surface area contributed by atoms with E-state index in [1.165, 1.54) is 52.7 Å². The number of methoxy groups -OCH3 is 1. The molecule has 1 saturated heterocycles. The number of hydrogen-bond acceptors (Lipinski definition) is 4. The predicted octanol–water partition coefficient (Wildman–Crippen LogP) is 4.32. The van der Waals surface area contributed by atoms with Gasteiger partial charge in [-0.05, 0) is 82.6 Å². The first-order chi connectivity index (χ1) is 17.3. The number of ether oxygens (including phenoxy) is 3. The molecule has 3 aromatic rings. The largest absolute Gasteiger partial charge is 0.496 e. The van der Waals surface area contributed by atoms with Crippen LogP contribution in [0.1, 0.15) is 35.6 Å². The number of fused-ring (bicyclic) bond motifs is 4. The third kappa shape index (κ3) is 4.40. The van der Waals surface area contributed by atoms with E-state index in [9.17, 15) is 0 Å². The zero-order valence-electron chi connectivity index (χ0n) is 20.2. The van der Waals surface area contributed by atoms with Crippen LogP contribution in [0.25, 0.3) is 18.2 Å². The Morgan fingerprint density at radius 1 is 1.00 bits per heavy atom. The summed E-state index contributed by atoms with van der Waals surface area (Å²) in [6, 6.07) is 19.0. The Hall–Kier alpha value is -3.34. The maximum atomic E-state index is 6.36. The molecule has 0 amide bonds. The van der Waals surface area contributed by atoms with Crippen LogP contribution in [0.5, 0.6) is 11.5 Å².